The van der Waals surface area contributed by atoms with E-state index in [2.05, 4.69) is 19.2 Å². The Kier molecular flexibility index (Phi) is 6.31. The van der Waals surface area contributed by atoms with Crippen molar-refractivity contribution < 1.29 is 19.1 Å². The molecule has 0 saturated carbocycles. The van der Waals surface area contributed by atoms with Crippen LogP contribution in [0.15, 0.2) is 48.5 Å². The molecule has 0 aliphatic carbocycles. The van der Waals surface area contributed by atoms with Gasteiger partial charge in [-0.15, -0.1) is 0 Å². The number of rotatable bonds is 6. The van der Waals surface area contributed by atoms with Gasteiger partial charge in [-0.2, -0.15) is 0 Å². The molecule has 1 N–H and O–H groups in total. The van der Waals surface area contributed by atoms with E-state index in [0.29, 0.717) is 30.3 Å². The van der Waals surface area contributed by atoms with Crippen LogP contribution in [0.2, 0.25) is 0 Å². The Bertz CT molecular complexity index is 833. The highest BCUT2D eigenvalue weighted by atomic mass is 16.5. The summed E-state index contributed by atoms with van der Waals surface area (Å²) in [4.78, 5) is 26.5. The summed E-state index contributed by atoms with van der Waals surface area (Å²) < 4.78 is 10.8. The molecule has 3 rings (SSSR count). The first-order valence-electron chi connectivity index (χ1n) is 9.42. The van der Waals surface area contributed by atoms with Crippen molar-refractivity contribution in [1.82, 2.24) is 5.32 Å². The maximum atomic E-state index is 12.5. The summed E-state index contributed by atoms with van der Waals surface area (Å²) in [7, 11) is 1.53. The molecule has 1 unspecified atom stereocenters. The molecule has 0 spiro atoms. The number of carbonyl (C=O) groups is 2. The number of hydrogen-bond donors (Lipinski definition) is 1. The van der Waals surface area contributed by atoms with Crippen LogP contribution in [0, 0.1) is 0 Å². The Balaban J connectivity index is 1.62. The first kappa shape index (κ1) is 19.9. The van der Waals surface area contributed by atoms with Crippen LogP contribution in [-0.4, -0.2) is 44.7 Å². The quantitative estimate of drug-likeness (QED) is 0.834. The first-order valence-corrected chi connectivity index (χ1v) is 9.42. The van der Waals surface area contributed by atoms with E-state index < -0.39 is 0 Å². The van der Waals surface area contributed by atoms with Crippen LogP contribution in [0.1, 0.15) is 35.7 Å². The number of para-hydroxylation sites is 1. The van der Waals surface area contributed by atoms with Crippen molar-refractivity contribution in [3.8, 4) is 5.75 Å². The average Bonchev–Trinajstić information content (AvgIpc) is 2.73. The second-order valence-corrected chi connectivity index (χ2v) is 7.09. The summed E-state index contributed by atoms with van der Waals surface area (Å²) in [6, 6.07) is 15.1. The fourth-order valence-corrected chi connectivity index (χ4v) is 3.17. The lowest BCUT2D eigenvalue weighted by Crippen LogP contribution is -2.50. The largest absolute Gasteiger partial charge is 0.496 e. The molecular formula is C22H26N2O4. The summed E-state index contributed by atoms with van der Waals surface area (Å²) >= 11 is 0. The molecular weight excluding hydrogens is 356 g/mol. The number of anilines is 1. The fraction of sp³-hybridized carbons (Fsp3) is 0.364. The zero-order valence-electron chi connectivity index (χ0n) is 16.5. The number of nitrogens with zero attached hydrogens (tertiary/aromatic N) is 1. The number of nitrogens with one attached hydrogen (secondary N) is 1. The third-order valence-corrected chi connectivity index (χ3v) is 4.84. The van der Waals surface area contributed by atoms with Gasteiger partial charge in [0.25, 0.3) is 11.8 Å². The smallest absolute Gasteiger partial charge is 0.255 e. The molecule has 2 aromatic rings. The van der Waals surface area contributed by atoms with Crippen molar-refractivity contribution in [3.05, 3.63) is 59.7 Å². The third-order valence-electron chi connectivity index (χ3n) is 4.84. The van der Waals surface area contributed by atoms with Crippen LogP contribution < -0.4 is 15.0 Å². The van der Waals surface area contributed by atoms with Gasteiger partial charge in [0.2, 0.25) is 0 Å². The van der Waals surface area contributed by atoms with Crippen LogP contribution in [0.5, 0.6) is 5.75 Å². The van der Waals surface area contributed by atoms with E-state index in [-0.39, 0.29) is 24.5 Å². The Labute approximate surface area is 165 Å². The van der Waals surface area contributed by atoms with Crippen LogP contribution >= 0.6 is 0 Å². The molecule has 1 aliphatic heterocycles. The topological polar surface area (TPSA) is 67.9 Å². The van der Waals surface area contributed by atoms with Crippen LogP contribution in [0.4, 0.5) is 5.69 Å². The zero-order chi connectivity index (χ0) is 20.1. The molecule has 1 heterocycles. The van der Waals surface area contributed by atoms with E-state index in [4.69, 9.17) is 9.47 Å². The molecule has 1 fully saturated rings. The van der Waals surface area contributed by atoms with Crippen molar-refractivity contribution in [2.24, 2.45) is 0 Å². The van der Waals surface area contributed by atoms with E-state index in [1.807, 2.05) is 30.3 Å². The van der Waals surface area contributed by atoms with Crippen LogP contribution in [-0.2, 0) is 9.53 Å². The lowest BCUT2D eigenvalue weighted by Gasteiger charge is -2.33. The fourth-order valence-electron chi connectivity index (χ4n) is 3.17. The van der Waals surface area contributed by atoms with Crippen molar-refractivity contribution in [1.29, 1.82) is 0 Å². The molecule has 6 nitrogen and oxygen atoms in total. The predicted octanol–water partition coefficient (Wildman–Crippen LogP) is 2.98. The summed E-state index contributed by atoms with van der Waals surface area (Å²) in [5.74, 6) is 0.648. The summed E-state index contributed by atoms with van der Waals surface area (Å²) in [6.45, 7) is 4.97. The monoisotopic (exact) mass is 382 g/mol. The highest BCUT2D eigenvalue weighted by molar-refractivity contribution is 5.97. The molecule has 148 valence electrons. The lowest BCUT2D eigenvalue weighted by molar-refractivity contribution is -0.129. The summed E-state index contributed by atoms with van der Waals surface area (Å²) in [5, 5.41) is 2.87. The molecule has 2 aromatic carbocycles. The second kappa shape index (κ2) is 8.89. The van der Waals surface area contributed by atoms with E-state index in [1.165, 1.54) is 12.7 Å². The minimum absolute atomic E-state index is 0.00112. The molecule has 0 bridgehead atoms. The van der Waals surface area contributed by atoms with Crippen molar-refractivity contribution in [3.63, 3.8) is 0 Å². The van der Waals surface area contributed by atoms with Gasteiger partial charge in [0.1, 0.15) is 12.4 Å². The van der Waals surface area contributed by atoms with Gasteiger partial charge in [-0.1, -0.05) is 38.1 Å². The molecule has 1 aliphatic rings. The standard InChI is InChI=1S/C22H26N2O4/c1-15(2)16-8-10-17(11-9-16)24-13-18(28-14-21(24)25)12-23-22(26)19-6-4-5-7-20(19)27-3/h4-11,15,18H,12-14H2,1-3H3,(H,23,26). The van der Waals surface area contributed by atoms with Crippen molar-refractivity contribution >= 4 is 17.5 Å². The average molecular weight is 382 g/mol. The number of methoxy groups -OCH3 is 1. The first-order chi connectivity index (χ1) is 13.5. The molecule has 28 heavy (non-hydrogen) atoms. The lowest BCUT2D eigenvalue weighted by atomic mass is 10.0. The van der Waals surface area contributed by atoms with Gasteiger partial charge in [0.05, 0.1) is 25.3 Å². The summed E-state index contributed by atoms with van der Waals surface area (Å²) in [6.07, 6.45) is -0.277. The van der Waals surface area contributed by atoms with E-state index in [9.17, 15) is 9.59 Å². The van der Waals surface area contributed by atoms with Crippen LogP contribution in [0.3, 0.4) is 0 Å². The minimum atomic E-state index is -0.277. The minimum Gasteiger partial charge on any atom is -0.496 e. The van der Waals surface area contributed by atoms with Gasteiger partial charge < -0.3 is 19.7 Å². The Morgan fingerprint density at radius 1 is 1.21 bits per heavy atom. The Morgan fingerprint density at radius 3 is 2.61 bits per heavy atom. The molecule has 1 saturated heterocycles. The SMILES string of the molecule is COc1ccccc1C(=O)NCC1CN(c2ccc(C(C)C)cc2)C(=O)CO1. The maximum absolute atomic E-state index is 12.5. The number of morpholine rings is 1. The van der Waals surface area contributed by atoms with Gasteiger partial charge in [0.15, 0.2) is 0 Å². The normalized spacial score (nSPS) is 16.9. The van der Waals surface area contributed by atoms with Gasteiger partial charge in [-0.3, -0.25) is 9.59 Å². The predicted molar refractivity (Wildman–Crippen MR) is 108 cm³/mol. The highest BCUT2D eigenvalue weighted by Crippen LogP contribution is 2.22. The zero-order valence-corrected chi connectivity index (χ0v) is 16.5. The number of carbonyl (C=O) groups excluding carboxylic acids is 2. The van der Waals surface area contributed by atoms with Crippen molar-refractivity contribution in [2.45, 2.75) is 25.9 Å². The van der Waals surface area contributed by atoms with Gasteiger partial charge in [-0.25, -0.2) is 0 Å². The van der Waals surface area contributed by atoms with E-state index in [1.54, 1.807) is 23.1 Å². The van der Waals surface area contributed by atoms with E-state index in [0.717, 1.165) is 5.69 Å². The molecule has 6 heteroatoms. The molecule has 2 amide bonds. The van der Waals surface area contributed by atoms with Gasteiger partial charge in [0, 0.05) is 12.2 Å². The number of ether oxygens (including phenoxy) is 2. The Morgan fingerprint density at radius 2 is 1.93 bits per heavy atom. The number of hydrogen-bond acceptors (Lipinski definition) is 4. The second-order valence-electron chi connectivity index (χ2n) is 7.09. The maximum Gasteiger partial charge on any atom is 0.255 e. The Hall–Kier alpha value is -2.86. The third kappa shape index (κ3) is 4.51. The summed E-state index contributed by atoms with van der Waals surface area (Å²) in [5.41, 5.74) is 2.54. The molecule has 0 aromatic heterocycles. The van der Waals surface area contributed by atoms with Gasteiger partial charge >= 0.3 is 0 Å². The van der Waals surface area contributed by atoms with Crippen molar-refractivity contribution in [2.75, 3.05) is 31.7 Å². The highest BCUT2D eigenvalue weighted by Gasteiger charge is 2.28. The number of benzene rings is 2. The number of amides is 2. The molecule has 1 atom stereocenters. The van der Waals surface area contributed by atoms with Gasteiger partial charge in [-0.05, 0) is 35.7 Å². The van der Waals surface area contributed by atoms with E-state index >= 15 is 0 Å². The van der Waals surface area contributed by atoms with Crippen LogP contribution in [0.25, 0.3) is 0 Å². The molecule has 0 radical (unpaired) electrons.